The Morgan fingerprint density at radius 3 is 2.72 bits per heavy atom. The van der Waals surface area contributed by atoms with Gasteiger partial charge in [-0.25, -0.2) is 13.6 Å². The summed E-state index contributed by atoms with van der Waals surface area (Å²) < 4.78 is 26.4. The van der Waals surface area contributed by atoms with E-state index in [-0.39, 0.29) is 16.5 Å². The fourth-order valence-electron chi connectivity index (χ4n) is 4.32. The molecule has 0 saturated carbocycles. The van der Waals surface area contributed by atoms with Gasteiger partial charge in [-0.3, -0.25) is 10.1 Å². The summed E-state index contributed by atoms with van der Waals surface area (Å²) in [7, 11) is -4.11. The summed E-state index contributed by atoms with van der Waals surface area (Å²) in [6, 6.07) is 3.83. The van der Waals surface area contributed by atoms with Crippen LogP contribution in [0.3, 0.4) is 0 Å². The van der Waals surface area contributed by atoms with Crippen molar-refractivity contribution in [2.24, 2.45) is 5.14 Å². The molecule has 2 aromatic rings. The number of nitrogens with two attached hydrogens (primary N) is 1. The third kappa shape index (κ3) is 3.97. The number of primary sulfonamides is 1. The summed E-state index contributed by atoms with van der Waals surface area (Å²) in [6.45, 7) is 2.13. The van der Waals surface area contributed by atoms with Gasteiger partial charge in [0.25, 0.3) is 5.69 Å². The van der Waals surface area contributed by atoms with Gasteiger partial charge in [0, 0.05) is 44.1 Å². The largest absolute Gasteiger partial charge is 0.370 e. The number of anilines is 1. The van der Waals surface area contributed by atoms with Crippen LogP contribution in [-0.4, -0.2) is 41.2 Å². The summed E-state index contributed by atoms with van der Waals surface area (Å²) in [5, 5.41) is 25.3. The van der Waals surface area contributed by atoms with Crippen molar-refractivity contribution >= 4 is 21.4 Å². The number of nitrogens with zero attached hydrogens (tertiary/aromatic N) is 5. The van der Waals surface area contributed by atoms with Crippen LogP contribution in [0.5, 0.6) is 0 Å². The number of aryl methyl sites for hydroxylation is 1. The molecule has 3 heterocycles. The average Bonchev–Trinajstić information content (AvgIpc) is 2.95. The van der Waals surface area contributed by atoms with E-state index in [1.165, 1.54) is 18.6 Å². The highest BCUT2D eigenvalue weighted by molar-refractivity contribution is 7.89. The molecule has 0 aliphatic carbocycles. The number of rotatable bonds is 4. The molecule has 0 bridgehead atoms. The first-order chi connectivity index (χ1) is 13.8. The molecule has 1 aromatic carbocycles. The molecule has 1 saturated heterocycles. The molecule has 1 fully saturated rings. The SMILES string of the molecule is NS(=O)(=O)c1cc([N+](=O)[O-])ccc1N1CCC[C@H](c2nnc3n2CCCCC3)C1. The Bertz CT molecular complexity index is 1030. The molecular formula is C18H24N6O4S. The van der Waals surface area contributed by atoms with Crippen LogP contribution in [0.2, 0.25) is 0 Å². The van der Waals surface area contributed by atoms with Crippen molar-refractivity contribution in [3.63, 3.8) is 0 Å². The van der Waals surface area contributed by atoms with Crippen molar-refractivity contribution < 1.29 is 13.3 Å². The van der Waals surface area contributed by atoms with Crippen LogP contribution in [0.15, 0.2) is 23.1 Å². The molecule has 156 valence electrons. The van der Waals surface area contributed by atoms with Crippen LogP contribution in [0.25, 0.3) is 0 Å². The van der Waals surface area contributed by atoms with Gasteiger partial charge in [0.2, 0.25) is 10.0 Å². The predicted molar refractivity (Wildman–Crippen MR) is 106 cm³/mol. The number of fused-ring (bicyclic) bond motifs is 1. The maximum Gasteiger partial charge on any atom is 0.270 e. The quantitative estimate of drug-likeness (QED) is 0.589. The number of nitro benzene ring substituents is 1. The van der Waals surface area contributed by atoms with E-state index in [1.54, 1.807) is 0 Å². The normalized spacial score (nSPS) is 20.2. The van der Waals surface area contributed by atoms with Crippen molar-refractivity contribution in [2.75, 3.05) is 18.0 Å². The molecule has 29 heavy (non-hydrogen) atoms. The van der Waals surface area contributed by atoms with Crippen LogP contribution in [0.4, 0.5) is 11.4 Å². The van der Waals surface area contributed by atoms with E-state index in [9.17, 15) is 18.5 Å². The Balaban J connectivity index is 1.66. The second-order valence-corrected chi connectivity index (χ2v) is 9.21. The molecule has 0 amide bonds. The molecule has 0 radical (unpaired) electrons. The standard InChI is InChI=1S/C18H24N6O4S/c19-29(27,28)16-11-14(24(25)26)7-8-15(16)22-9-4-5-13(12-22)18-21-20-17-6-2-1-3-10-23(17)18/h7-8,11,13H,1-6,9-10,12H2,(H2,19,27,28)/t13-/m0/s1. The van der Waals surface area contributed by atoms with Crippen LogP contribution in [-0.2, 0) is 23.0 Å². The van der Waals surface area contributed by atoms with Gasteiger partial charge in [-0.1, -0.05) is 6.42 Å². The molecule has 2 N–H and O–H groups in total. The Labute approximate surface area is 168 Å². The molecule has 2 aliphatic heterocycles. The van der Waals surface area contributed by atoms with Crippen LogP contribution in [0.1, 0.15) is 49.7 Å². The van der Waals surface area contributed by atoms with Crippen molar-refractivity contribution in [3.05, 3.63) is 40.0 Å². The Hall–Kier alpha value is -2.53. The van der Waals surface area contributed by atoms with Gasteiger partial charge in [-0.2, -0.15) is 0 Å². The number of hydrogen-bond donors (Lipinski definition) is 1. The fraction of sp³-hybridized carbons (Fsp3) is 0.556. The van der Waals surface area contributed by atoms with Gasteiger partial charge in [0.1, 0.15) is 16.5 Å². The van der Waals surface area contributed by atoms with Crippen LogP contribution in [0, 0.1) is 10.1 Å². The maximum absolute atomic E-state index is 12.1. The molecular weight excluding hydrogens is 396 g/mol. The van der Waals surface area contributed by atoms with Crippen molar-refractivity contribution in [1.29, 1.82) is 0 Å². The summed E-state index contributed by atoms with van der Waals surface area (Å²) in [6.07, 6.45) is 6.13. The summed E-state index contributed by atoms with van der Waals surface area (Å²) >= 11 is 0. The van der Waals surface area contributed by atoms with Crippen LogP contribution < -0.4 is 10.0 Å². The number of sulfonamides is 1. The zero-order valence-electron chi connectivity index (χ0n) is 16.0. The van der Waals surface area contributed by atoms with E-state index in [0.717, 1.165) is 56.4 Å². The van der Waals surface area contributed by atoms with Gasteiger partial charge < -0.3 is 9.47 Å². The molecule has 0 unspecified atom stereocenters. The third-order valence-corrected chi connectivity index (χ3v) is 6.67. The predicted octanol–water partition coefficient (Wildman–Crippen LogP) is 1.94. The number of nitro groups is 1. The highest BCUT2D eigenvalue weighted by Gasteiger charge is 2.30. The van der Waals surface area contributed by atoms with Crippen LogP contribution >= 0.6 is 0 Å². The average molecular weight is 420 g/mol. The van der Waals surface area contributed by atoms with E-state index in [0.29, 0.717) is 18.8 Å². The Kier molecular flexibility index (Phi) is 5.26. The molecule has 4 rings (SSSR count). The lowest BCUT2D eigenvalue weighted by atomic mass is 9.96. The first-order valence-corrected chi connectivity index (χ1v) is 11.4. The molecule has 11 heteroatoms. The number of hydrogen-bond acceptors (Lipinski definition) is 7. The smallest absolute Gasteiger partial charge is 0.270 e. The van der Waals surface area contributed by atoms with E-state index in [1.807, 2.05) is 4.90 Å². The molecule has 10 nitrogen and oxygen atoms in total. The lowest BCUT2D eigenvalue weighted by molar-refractivity contribution is -0.385. The maximum atomic E-state index is 12.1. The van der Waals surface area contributed by atoms with E-state index in [4.69, 9.17) is 5.14 Å². The first-order valence-electron chi connectivity index (χ1n) is 9.83. The van der Waals surface area contributed by atoms with Gasteiger partial charge in [0.05, 0.1) is 10.6 Å². The van der Waals surface area contributed by atoms with Gasteiger partial charge >= 0.3 is 0 Å². The Morgan fingerprint density at radius 1 is 1.14 bits per heavy atom. The molecule has 1 atom stereocenters. The molecule has 2 aliphatic rings. The lowest BCUT2D eigenvalue weighted by Crippen LogP contribution is -2.36. The summed E-state index contributed by atoms with van der Waals surface area (Å²) in [5.74, 6) is 2.09. The monoisotopic (exact) mass is 420 g/mol. The number of aromatic nitrogens is 3. The van der Waals surface area contributed by atoms with E-state index in [2.05, 4.69) is 14.8 Å². The summed E-state index contributed by atoms with van der Waals surface area (Å²) in [5.41, 5.74) is 0.104. The zero-order valence-corrected chi connectivity index (χ0v) is 16.8. The number of non-ortho nitro benzene ring substituents is 1. The number of piperidine rings is 1. The lowest BCUT2D eigenvalue weighted by Gasteiger charge is -2.35. The topological polar surface area (TPSA) is 137 Å². The third-order valence-electron chi connectivity index (χ3n) is 5.73. The van der Waals surface area contributed by atoms with E-state index < -0.39 is 14.9 Å². The minimum Gasteiger partial charge on any atom is -0.370 e. The zero-order chi connectivity index (χ0) is 20.6. The van der Waals surface area contributed by atoms with E-state index >= 15 is 0 Å². The molecule has 0 spiro atoms. The second-order valence-electron chi connectivity index (χ2n) is 7.68. The minimum atomic E-state index is -4.11. The van der Waals surface area contributed by atoms with Gasteiger partial charge in [-0.15, -0.1) is 10.2 Å². The first kappa shape index (κ1) is 19.8. The highest BCUT2D eigenvalue weighted by Crippen LogP contribution is 2.34. The van der Waals surface area contributed by atoms with Crippen molar-refractivity contribution in [1.82, 2.24) is 14.8 Å². The number of benzene rings is 1. The minimum absolute atomic E-state index is 0.117. The summed E-state index contributed by atoms with van der Waals surface area (Å²) in [4.78, 5) is 12.2. The molecule has 1 aromatic heterocycles. The fourth-order valence-corrected chi connectivity index (χ4v) is 5.10. The highest BCUT2D eigenvalue weighted by atomic mass is 32.2. The Morgan fingerprint density at radius 2 is 1.97 bits per heavy atom. The van der Waals surface area contributed by atoms with Crippen molar-refractivity contribution in [3.8, 4) is 0 Å². The van der Waals surface area contributed by atoms with Crippen molar-refractivity contribution in [2.45, 2.75) is 55.9 Å². The second kappa shape index (κ2) is 7.71. The van der Waals surface area contributed by atoms with Gasteiger partial charge in [-0.05, 0) is 31.7 Å². The van der Waals surface area contributed by atoms with Gasteiger partial charge in [0.15, 0.2) is 0 Å².